The Labute approximate surface area is 169 Å². The van der Waals surface area contributed by atoms with Gasteiger partial charge >= 0.3 is 5.97 Å². The number of hydrogen-bond donors (Lipinski definition) is 1. The number of thioether (sulfide) groups is 1. The highest BCUT2D eigenvalue weighted by Crippen LogP contribution is 2.50. The number of rotatable bonds is 6. The SMILES string of the molecule is COC(=O)[C@]1(CCSC)N[C@H](c2ccc(N(C)C)cc2)[C@@H]2C(=O)N(C)C(=O)[C@@H]21. The van der Waals surface area contributed by atoms with Crippen molar-refractivity contribution in [1.82, 2.24) is 10.2 Å². The molecule has 2 heterocycles. The molecule has 2 saturated heterocycles. The second-order valence-electron chi connectivity index (χ2n) is 7.55. The number of hydrogen-bond acceptors (Lipinski definition) is 7. The van der Waals surface area contributed by atoms with Crippen LogP contribution in [0.1, 0.15) is 18.0 Å². The summed E-state index contributed by atoms with van der Waals surface area (Å²) in [5, 5.41) is 3.37. The van der Waals surface area contributed by atoms with E-state index < -0.39 is 29.4 Å². The molecule has 1 aromatic rings. The minimum absolute atomic E-state index is 0.251. The monoisotopic (exact) mass is 405 g/mol. The summed E-state index contributed by atoms with van der Waals surface area (Å²) in [5.41, 5.74) is 0.711. The van der Waals surface area contributed by atoms with E-state index in [1.807, 2.05) is 49.5 Å². The van der Waals surface area contributed by atoms with Crippen molar-refractivity contribution in [3.05, 3.63) is 29.8 Å². The van der Waals surface area contributed by atoms with Gasteiger partial charge in [0, 0.05) is 32.9 Å². The van der Waals surface area contributed by atoms with Crippen molar-refractivity contribution in [2.24, 2.45) is 11.8 Å². The number of amides is 2. The lowest BCUT2D eigenvalue weighted by Gasteiger charge is -2.32. The Morgan fingerprint density at radius 1 is 1.25 bits per heavy atom. The molecule has 0 radical (unpaired) electrons. The molecule has 1 aromatic carbocycles. The van der Waals surface area contributed by atoms with Gasteiger partial charge in [-0.3, -0.25) is 24.6 Å². The average molecular weight is 406 g/mol. The first-order valence-corrected chi connectivity index (χ1v) is 10.6. The van der Waals surface area contributed by atoms with E-state index in [0.717, 1.165) is 16.2 Å². The normalized spacial score (nSPS) is 29.2. The molecule has 2 aliphatic rings. The Bertz CT molecular complexity index is 782. The molecule has 2 aliphatic heterocycles. The average Bonchev–Trinajstić information content (AvgIpc) is 3.16. The van der Waals surface area contributed by atoms with E-state index in [1.54, 1.807) is 11.8 Å². The van der Waals surface area contributed by atoms with Gasteiger partial charge in [-0.25, -0.2) is 0 Å². The molecule has 4 atom stereocenters. The lowest BCUT2D eigenvalue weighted by atomic mass is 9.78. The largest absolute Gasteiger partial charge is 0.468 e. The summed E-state index contributed by atoms with van der Waals surface area (Å²) in [7, 11) is 6.73. The molecule has 7 nitrogen and oxygen atoms in total. The highest BCUT2D eigenvalue weighted by molar-refractivity contribution is 7.98. The van der Waals surface area contributed by atoms with Crippen LogP contribution in [0.3, 0.4) is 0 Å². The Morgan fingerprint density at radius 3 is 2.43 bits per heavy atom. The van der Waals surface area contributed by atoms with Gasteiger partial charge < -0.3 is 9.64 Å². The Hall–Kier alpha value is -2.06. The molecule has 0 aliphatic carbocycles. The molecule has 28 heavy (non-hydrogen) atoms. The van der Waals surface area contributed by atoms with Crippen molar-refractivity contribution in [3.63, 3.8) is 0 Å². The second-order valence-corrected chi connectivity index (χ2v) is 8.54. The van der Waals surface area contributed by atoms with Gasteiger partial charge in [-0.2, -0.15) is 11.8 Å². The number of likely N-dealkylation sites (tertiary alicyclic amines) is 1. The standard InChI is InChI=1S/C20H27N3O4S/c1-22(2)13-8-6-12(7-9-13)16-14-15(18(25)23(3)17(14)24)20(21-16,10-11-28-5)19(26)27-4/h6-9,14-16,21H,10-11H2,1-5H3/t14-,15-,16-,20-/m1/s1. The van der Waals surface area contributed by atoms with E-state index in [-0.39, 0.29) is 11.8 Å². The number of nitrogens with one attached hydrogen (secondary N) is 1. The lowest BCUT2D eigenvalue weighted by molar-refractivity contribution is -0.154. The molecule has 2 fully saturated rings. The van der Waals surface area contributed by atoms with Crippen molar-refractivity contribution in [2.75, 3.05) is 45.2 Å². The molecule has 0 bridgehead atoms. The number of imide groups is 1. The molecule has 8 heteroatoms. The Balaban J connectivity index is 2.08. The third kappa shape index (κ3) is 3.08. The van der Waals surface area contributed by atoms with Gasteiger partial charge in [0.25, 0.3) is 0 Å². The highest BCUT2D eigenvalue weighted by Gasteiger charge is 2.67. The summed E-state index contributed by atoms with van der Waals surface area (Å²) in [6.45, 7) is 0. The summed E-state index contributed by atoms with van der Waals surface area (Å²) >= 11 is 1.59. The fraction of sp³-hybridized carbons (Fsp3) is 0.550. The predicted octanol–water partition coefficient (Wildman–Crippen LogP) is 1.29. The van der Waals surface area contributed by atoms with Gasteiger partial charge in [0.15, 0.2) is 0 Å². The maximum atomic E-state index is 13.0. The summed E-state index contributed by atoms with van der Waals surface area (Å²) in [5.74, 6) is -1.77. The number of carbonyl (C=O) groups is 3. The quantitative estimate of drug-likeness (QED) is 0.564. The van der Waals surface area contributed by atoms with Crippen LogP contribution in [0.5, 0.6) is 0 Å². The van der Waals surface area contributed by atoms with Crippen LogP contribution in [-0.2, 0) is 19.1 Å². The van der Waals surface area contributed by atoms with Crippen LogP contribution < -0.4 is 10.2 Å². The predicted molar refractivity (Wildman–Crippen MR) is 109 cm³/mol. The molecule has 2 amide bonds. The second kappa shape index (κ2) is 7.75. The van der Waals surface area contributed by atoms with Crippen LogP contribution in [0, 0.1) is 11.8 Å². The van der Waals surface area contributed by atoms with E-state index in [9.17, 15) is 14.4 Å². The number of methoxy groups -OCH3 is 1. The van der Waals surface area contributed by atoms with E-state index in [0.29, 0.717) is 12.2 Å². The summed E-state index contributed by atoms with van der Waals surface area (Å²) in [6.07, 6.45) is 2.36. The molecule has 0 unspecified atom stereocenters. The zero-order valence-electron chi connectivity index (χ0n) is 16.9. The third-order valence-electron chi connectivity index (χ3n) is 5.89. The van der Waals surface area contributed by atoms with Gasteiger partial charge in [0.05, 0.1) is 18.9 Å². The molecular weight excluding hydrogens is 378 g/mol. The van der Waals surface area contributed by atoms with Gasteiger partial charge in [-0.15, -0.1) is 0 Å². The smallest absolute Gasteiger partial charge is 0.326 e. The fourth-order valence-electron chi connectivity index (χ4n) is 4.38. The van der Waals surface area contributed by atoms with Crippen molar-refractivity contribution in [3.8, 4) is 0 Å². The first-order valence-electron chi connectivity index (χ1n) is 9.22. The van der Waals surface area contributed by atoms with Crippen LogP contribution in [0.25, 0.3) is 0 Å². The first-order chi connectivity index (χ1) is 13.3. The number of fused-ring (bicyclic) bond motifs is 1. The fourth-order valence-corrected chi connectivity index (χ4v) is 4.90. The zero-order chi connectivity index (χ0) is 20.6. The van der Waals surface area contributed by atoms with Crippen molar-refractivity contribution in [2.45, 2.75) is 18.0 Å². The number of nitrogens with zero attached hydrogens (tertiary/aromatic N) is 2. The van der Waals surface area contributed by atoms with Crippen molar-refractivity contribution >= 4 is 35.2 Å². The number of ether oxygens (including phenoxy) is 1. The van der Waals surface area contributed by atoms with Gasteiger partial charge in [0.1, 0.15) is 5.54 Å². The number of anilines is 1. The minimum Gasteiger partial charge on any atom is -0.468 e. The maximum absolute atomic E-state index is 13.0. The van der Waals surface area contributed by atoms with Gasteiger partial charge in [0.2, 0.25) is 11.8 Å². The number of benzene rings is 1. The van der Waals surface area contributed by atoms with Crippen LogP contribution in [-0.4, -0.2) is 68.5 Å². The first kappa shape index (κ1) is 20.7. The van der Waals surface area contributed by atoms with Crippen LogP contribution in [0.2, 0.25) is 0 Å². The molecule has 0 spiro atoms. The number of carbonyl (C=O) groups excluding carboxylic acids is 3. The molecule has 1 N–H and O–H groups in total. The highest BCUT2D eigenvalue weighted by atomic mass is 32.2. The zero-order valence-corrected chi connectivity index (χ0v) is 17.7. The molecular formula is C20H27N3O4S. The molecule has 152 valence electrons. The van der Waals surface area contributed by atoms with E-state index in [4.69, 9.17) is 4.74 Å². The topological polar surface area (TPSA) is 79.0 Å². The Kier molecular flexibility index (Phi) is 5.72. The van der Waals surface area contributed by atoms with Crippen LogP contribution >= 0.6 is 11.8 Å². The molecule has 3 rings (SSSR count). The Morgan fingerprint density at radius 2 is 1.89 bits per heavy atom. The van der Waals surface area contributed by atoms with Crippen LogP contribution in [0.4, 0.5) is 5.69 Å². The van der Waals surface area contributed by atoms with E-state index in [2.05, 4.69) is 5.32 Å². The minimum atomic E-state index is -1.20. The van der Waals surface area contributed by atoms with E-state index >= 15 is 0 Å². The lowest BCUT2D eigenvalue weighted by Crippen LogP contribution is -2.56. The third-order valence-corrected chi connectivity index (χ3v) is 6.51. The van der Waals surface area contributed by atoms with E-state index in [1.165, 1.54) is 14.2 Å². The maximum Gasteiger partial charge on any atom is 0.326 e. The van der Waals surface area contributed by atoms with Gasteiger partial charge in [-0.1, -0.05) is 12.1 Å². The summed E-state index contributed by atoms with van der Waals surface area (Å²) in [6, 6.07) is 7.40. The van der Waals surface area contributed by atoms with Crippen molar-refractivity contribution in [1.29, 1.82) is 0 Å². The van der Waals surface area contributed by atoms with Crippen molar-refractivity contribution < 1.29 is 19.1 Å². The van der Waals surface area contributed by atoms with Gasteiger partial charge in [-0.05, 0) is 36.1 Å². The van der Waals surface area contributed by atoms with Crippen LogP contribution in [0.15, 0.2) is 24.3 Å². The summed E-state index contributed by atoms with van der Waals surface area (Å²) in [4.78, 5) is 41.9. The molecule has 0 saturated carbocycles. The number of esters is 1. The molecule has 0 aromatic heterocycles. The summed E-state index contributed by atoms with van der Waals surface area (Å²) < 4.78 is 5.10.